The summed E-state index contributed by atoms with van der Waals surface area (Å²) >= 11 is 12.0. The molecule has 1 aromatic carbocycles. The summed E-state index contributed by atoms with van der Waals surface area (Å²) in [5.74, 6) is 0.655. The zero-order chi connectivity index (χ0) is 13.5. The molecular formula is C13H19Cl2NO2. The predicted molar refractivity (Wildman–Crippen MR) is 75.6 cm³/mol. The molecule has 0 aliphatic carbocycles. The summed E-state index contributed by atoms with van der Waals surface area (Å²) in [6, 6.07) is 3.83. The molecule has 0 heterocycles. The van der Waals surface area contributed by atoms with Crippen molar-refractivity contribution in [2.24, 2.45) is 0 Å². The van der Waals surface area contributed by atoms with E-state index in [0.29, 0.717) is 28.4 Å². The lowest BCUT2D eigenvalue weighted by molar-refractivity contribution is 0.276. The molecule has 0 aliphatic heterocycles. The number of rotatable bonds is 7. The maximum atomic E-state index is 8.77. The van der Waals surface area contributed by atoms with Crippen LogP contribution in [0.25, 0.3) is 0 Å². The molecule has 1 atom stereocenters. The summed E-state index contributed by atoms with van der Waals surface area (Å²) < 4.78 is 5.27. The van der Waals surface area contributed by atoms with Crippen LogP contribution >= 0.6 is 23.2 Å². The van der Waals surface area contributed by atoms with Crippen molar-refractivity contribution in [1.29, 1.82) is 0 Å². The summed E-state index contributed by atoms with van der Waals surface area (Å²) in [6.07, 6.45) is 1.72. The monoisotopic (exact) mass is 291 g/mol. The van der Waals surface area contributed by atoms with Crippen molar-refractivity contribution >= 4 is 23.2 Å². The number of methoxy groups -OCH3 is 1. The fourth-order valence-corrected chi connectivity index (χ4v) is 2.37. The van der Waals surface area contributed by atoms with Gasteiger partial charge in [0.15, 0.2) is 0 Å². The van der Waals surface area contributed by atoms with E-state index >= 15 is 0 Å². The van der Waals surface area contributed by atoms with Crippen LogP contribution in [-0.4, -0.2) is 24.9 Å². The van der Waals surface area contributed by atoms with Crippen LogP contribution in [0.1, 0.15) is 25.3 Å². The Balaban J connectivity index is 2.66. The van der Waals surface area contributed by atoms with Gasteiger partial charge in [0.25, 0.3) is 0 Å². The topological polar surface area (TPSA) is 41.5 Å². The van der Waals surface area contributed by atoms with Crippen LogP contribution < -0.4 is 10.1 Å². The van der Waals surface area contributed by atoms with Gasteiger partial charge in [-0.05, 0) is 31.9 Å². The number of hydrogen-bond donors (Lipinski definition) is 2. The molecule has 0 aliphatic rings. The highest BCUT2D eigenvalue weighted by molar-refractivity contribution is 6.35. The molecule has 1 rings (SSSR count). The Morgan fingerprint density at radius 1 is 1.39 bits per heavy atom. The molecule has 5 heteroatoms. The quantitative estimate of drug-likeness (QED) is 0.810. The molecule has 0 fully saturated rings. The third-order valence-corrected chi connectivity index (χ3v) is 3.22. The highest BCUT2D eigenvalue weighted by Gasteiger charge is 2.10. The van der Waals surface area contributed by atoms with Gasteiger partial charge in [-0.2, -0.15) is 0 Å². The van der Waals surface area contributed by atoms with E-state index in [1.54, 1.807) is 13.2 Å². The van der Waals surface area contributed by atoms with E-state index in [1.165, 1.54) is 0 Å². The number of aliphatic hydroxyl groups excluding tert-OH is 1. The molecule has 3 nitrogen and oxygen atoms in total. The Morgan fingerprint density at radius 3 is 2.72 bits per heavy atom. The molecule has 0 saturated carbocycles. The zero-order valence-electron chi connectivity index (χ0n) is 10.7. The van der Waals surface area contributed by atoms with Gasteiger partial charge in [0, 0.05) is 29.8 Å². The van der Waals surface area contributed by atoms with E-state index in [1.807, 2.05) is 6.07 Å². The summed E-state index contributed by atoms with van der Waals surface area (Å²) in [7, 11) is 1.59. The number of benzene rings is 1. The van der Waals surface area contributed by atoms with Gasteiger partial charge in [-0.15, -0.1) is 0 Å². The minimum absolute atomic E-state index is 0.221. The Hall–Kier alpha value is -0.480. The van der Waals surface area contributed by atoms with Gasteiger partial charge in [-0.3, -0.25) is 0 Å². The van der Waals surface area contributed by atoms with Crippen molar-refractivity contribution in [3.8, 4) is 5.75 Å². The summed E-state index contributed by atoms with van der Waals surface area (Å²) in [5.41, 5.74) is 0.936. The fourth-order valence-electron chi connectivity index (χ4n) is 1.76. The van der Waals surface area contributed by atoms with E-state index in [0.717, 1.165) is 18.4 Å². The second kappa shape index (κ2) is 7.85. The Morgan fingerprint density at radius 2 is 2.11 bits per heavy atom. The van der Waals surface area contributed by atoms with Crippen molar-refractivity contribution in [1.82, 2.24) is 5.32 Å². The van der Waals surface area contributed by atoms with Gasteiger partial charge in [0.2, 0.25) is 0 Å². The van der Waals surface area contributed by atoms with Crippen molar-refractivity contribution in [3.63, 3.8) is 0 Å². The molecule has 2 N–H and O–H groups in total. The van der Waals surface area contributed by atoms with Gasteiger partial charge in [0.05, 0.1) is 12.1 Å². The zero-order valence-corrected chi connectivity index (χ0v) is 12.2. The summed E-state index contributed by atoms with van der Waals surface area (Å²) in [5, 5.41) is 13.2. The summed E-state index contributed by atoms with van der Waals surface area (Å²) in [4.78, 5) is 0. The number of hydrogen-bond acceptors (Lipinski definition) is 3. The van der Waals surface area contributed by atoms with Crippen LogP contribution in [0.2, 0.25) is 10.0 Å². The average Bonchev–Trinajstić information content (AvgIpc) is 2.33. The lowest BCUT2D eigenvalue weighted by atomic mass is 10.1. The van der Waals surface area contributed by atoms with Crippen LogP contribution in [-0.2, 0) is 6.54 Å². The molecule has 0 bridgehead atoms. The maximum absolute atomic E-state index is 8.77. The van der Waals surface area contributed by atoms with Gasteiger partial charge in [-0.1, -0.05) is 23.2 Å². The Labute approximate surface area is 118 Å². The molecule has 18 heavy (non-hydrogen) atoms. The van der Waals surface area contributed by atoms with E-state index in [9.17, 15) is 0 Å². The number of halogens is 2. The molecule has 0 radical (unpaired) electrons. The van der Waals surface area contributed by atoms with E-state index in [4.69, 9.17) is 33.0 Å². The van der Waals surface area contributed by atoms with Gasteiger partial charge in [0.1, 0.15) is 5.75 Å². The van der Waals surface area contributed by atoms with Crippen molar-refractivity contribution in [2.75, 3.05) is 13.7 Å². The van der Waals surface area contributed by atoms with E-state index < -0.39 is 0 Å². The first kappa shape index (κ1) is 15.6. The lowest BCUT2D eigenvalue weighted by Gasteiger charge is -2.16. The third kappa shape index (κ3) is 4.65. The van der Waals surface area contributed by atoms with Crippen LogP contribution in [0.4, 0.5) is 0 Å². The Bertz CT molecular complexity index is 385. The highest BCUT2D eigenvalue weighted by atomic mass is 35.5. The number of ether oxygens (including phenoxy) is 1. The molecular weight excluding hydrogens is 273 g/mol. The average molecular weight is 292 g/mol. The summed E-state index contributed by atoms with van der Waals surface area (Å²) in [6.45, 7) is 2.93. The lowest BCUT2D eigenvalue weighted by Crippen LogP contribution is -2.25. The number of nitrogens with one attached hydrogen (secondary N) is 1. The predicted octanol–water partition coefficient (Wildman–Crippen LogP) is 3.25. The molecule has 0 spiro atoms. The molecule has 1 unspecified atom stereocenters. The smallest absolute Gasteiger partial charge is 0.142 e. The van der Waals surface area contributed by atoms with Crippen molar-refractivity contribution in [2.45, 2.75) is 32.4 Å². The first-order valence-corrected chi connectivity index (χ1v) is 6.70. The normalized spacial score (nSPS) is 12.5. The highest BCUT2D eigenvalue weighted by Crippen LogP contribution is 2.32. The van der Waals surface area contributed by atoms with Gasteiger partial charge < -0.3 is 15.2 Å². The van der Waals surface area contributed by atoms with Gasteiger partial charge >= 0.3 is 0 Å². The SMILES string of the molecule is COc1c(Cl)cc(Cl)cc1CNC(C)CCCO. The largest absolute Gasteiger partial charge is 0.495 e. The maximum Gasteiger partial charge on any atom is 0.142 e. The minimum Gasteiger partial charge on any atom is -0.495 e. The standard InChI is InChI=1S/C13H19Cl2NO2/c1-9(4-3-5-17)16-8-10-6-11(14)7-12(15)13(10)18-2/h6-7,9,16-17H,3-5,8H2,1-2H3. The van der Waals surface area contributed by atoms with Crippen LogP contribution in [0.5, 0.6) is 5.75 Å². The van der Waals surface area contributed by atoms with Gasteiger partial charge in [-0.25, -0.2) is 0 Å². The Kier molecular flexibility index (Phi) is 6.79. The van der Waals surface area contributed by atoms with Crippen LogP contribution in [0, 0.1) is 0 Å². The minimum atomic E-state index is 0.221. The number of aliphatic hydroxyl groups is 1. The van der Waals surface area contributed by atoms with E-state index in [-0.39, 0.29) is 6.61 Å². The second-order valence-electron chi connectivity index (χ2n) is 4.23. The molecule has 0 saturated heterocycles. The van der Waals surface area contributed by atoms with Crippen molar-refractivity contribution < 1.29 is 9.84 Å². The first-order valence-electron chi connectivity index (χ1n) is 5.94. The first-order chi connectivity index (χ1) is 8.58. The van der Waals surface area contributed by atoms with Crippen LogP contribution in [0.15, 0.2) is 12.1 Å². The molecule has 1 aromatic rings. The molecule has 0 amide bonds. The third-order valence-electron chi connectivity index (χ3n) is 2.73. The van der Waals surface area contributed by atoms with E-state index in [2.05, 4.69) is 12.2 Å². The van der Waals surface area contributed by atoms with Crippen molar-refractivity contribution in [3.05, 3.63) is 27.7 Å². The fraction of sp³-hybridized carbons (Fsp3) is 0.538. The molecule has 0 aromatic heterocycles. The second-order valence-corrected chi connectivity index (χ2v) is 5.07. The molecule has 102 valence electrons. The van der Waals surface area contributed by atoms with Crippen LogP contribution in [0.3, 0.4) is 0 Å².